The number of hydrogen-bond donors (Lipinski definition) is 1. The van der Waals surface area contributed by atoms with Gasteiger partial charge in [-0.05, 0) is 73.1 Å². The molecule has 1 fully saturated rings. The van der Waals surface area contributed by atoms with Crippen LogP contribution in [0.4, 0.5) is 0 Å². The van der Waals surface area contributed by atoms with Crippen LogP contribution in [0.2, 0.25) is 0 Å². The van der Waals surface area contributed by atoms with E-state index in [0.717, 1.165) is 18.4 Å². The van der Waals surface area contributed by atoms with Gasteiger partial charge in [-0.3, -0.25) is 4.79 Å². The van der Waals surface area contributed by atoms with E-state index in [2.05, 4.69) is 36.5 Å². The van der Waals surface area contributed by atoms with E-state index in [1.165, 1.54) is 15.4 Å². The van der Waals surface area contributed by atoms with Crippen molar-refractivity contribution >= 4 is 15.9 Å². The first-order valence-corrected chi connectivity index (χ1v) is 14.3. The summed E-state index contributed by atoms with van der Waals surface area (Å²) in [6, 6.07) is 24.9. The Bertz CT molecular complexity index is 1270. The first kappa shape index (κ1) is 26.9. The van der Waals surface area contributed by atoms with Crippen molar-refractivity contribution in [2.24, 2.45) is 5.41 Å². The number of piperidine rings is 1. The van der Waals surface area contributed by atoms with Gasteiger partial charge in [0.1, 0.15) is 5.75 Å². The number of nitrogens with one attached hydrogen (secondary N) is 1. The van der Waals surface area contributed by atoms with Crippen LogP contribution in [0.15, 0.2) is 83.8 Å². The summed E-state index contributed by atoms with van der Waals surface area (Å²) in [5.74, 6) is 0.612. The smallest absolute Gasteiger partial charge is 0.243 e. The molecule has 1 heterocycles. The Kier molecular flexibility index (Phi) is 8.67. The van der Waals surface area contributed by atoms with E-state index in [-0.39, 0.29) is 10.8 Å². The molecule has 0 aromatic heterocycles. The predicted octanol–water partition coefficient (Wildman–Crippen LogP) is 4.63. The average Bonchev–Trinajstić information content (AvgIpc) is 2.94. The number of nitrogens with zero attached hydrogens (tertiary/aromatic N) is 1. The highest BCUT2D eigenvalue weighted by Crippen LogP contribution is 2.37. The van der Waals surface area contributed by atoms with E-state index >= 15 is 0 Å². The SMILES string of the molecule is CCc1ccc(CCNC(=O)C2(Cc3ccccc3)CCN(S(=O)(=O)c3ccc(OC)cc3)CC2)cc1. The minimum atomic E-state index is -3.65. The molecule has 0 radical (unpaired) electrons. The lowest BCUT2D eigenvalue weighted by molar-refractivity contribution is -0.133. The van der Waals surface area contributed by atoms with Gasteiger partial charge < -0.3 is 10.1 Å². The highest BCUT2D eigenvalue weighted by atomic mass is 32.2. The van der Waals surface area contributed by atoms with E-state index in [1.807, 2.05) is 30.3 Å². The maximum atomic E-state index is 13.6. The lowest BCUT2D eigenvalue weighted by atomic mass is 9.73. The Morgan fingerprint density at radius 3 is 2.11 bits per heavy atom. The van der Waals surface area contributed by atoms with Gasteiger partial charge in [0.15, 0.2) is 0 Å². The zero-order valence-corrected chi connectivity index (χ0v) is 22.5. The van der Waals surface area contributed by atoms with Crippen molar-refractivity contribution in [1.29, 1.82) is 0 Å². The number of hydrogen-bond acceptors (Lipinski definition) is 4. The summed E-state index contributed by atoms with van der Waals surface area (Å²) in [6.07, 6.45) is 3.28. The van der Waals surface area contributed by atoms with E-state index in [9.17, 15) is 13.2 Å². The summed E-state index contributed by atoms with van der Waals surface area (Å²) in [7, 11) is -2.10. The zero-order chi connectivity index (χ0) is 26.3. The molecule has 0 bridgehead atoms. The van der Waals surface area contributed by atoms with Crippen molar-refractivity contribution in [2.75, 3.05) is 26.7 Å². The minimum Gasteiger partial charge on any atom is -0.497 e. The highest BCUT2D eigenvalue weighted by molar-refractivity contribution is 7.89. The van der Waals surface area contributed by atoms with Crippen LogP contribution in [0, 0.1) is 5.41 Å². The van der Waals surface area contributed by atoms with Gasteiger partial charge in [0.25, 0.3) is 0 Å². The number of sulfonamides is 1. The van der Waals surface area contributed by atoms with Crippen molar-refractivity contribution in [3.8, 4) is 5.75 Å². The molecule has 1 aliphatic rings. The van der Waals surface area contributed by atoms with Gasteiger partial charge in [-0.2, -0.15) is 4.31 Å². The summed E-state index contributed by atoms with van der Waals surface area (Å²) in [5, 5.41) is 3.17. The Balaban J connectivity index is 1.45. The molecule has 1 saturated heterocycles. The minimum absolute atomic E-state index is 0.00280. The number of carbonyl (C=O) groups excluding carboxylic acids is 1. The van der Waals surface area contributed by atoms with Crippen molar-refractivity contribution in [1.82, 2.24) is 9.62 Å². The second-order valence-electron chi connectivity index (χ2n) is 9.70. The average molecular weight is 521 g/mol. The Labute approximate surface area is 220 Å². The lowest BCUT2D eigenvalue weighted by Gasteiger charge is -2.40. The van der Waals surface area contributed by atoms with Crippen LogP contribution in [-0.2, 0) is 34.1 Å². The summed E-state index contributed by atoms with van der Waals surface area (Å²) in [5.41, 5.74) is 2.92. The third-order valence-corrected chi connectivity index (χ3v) is 9.29. The van der Waals surface area contributed by atoms with Crippen LogP contribution in [0.25, 0.3) is 0 Å². The van der Waals surface area contributed by atoms with Crippen molar-refractivity contribution in [3.05, 3.63) is 95.6 Å². The molecular weight excluding hydrogens is 484 g/mol. The first-order chi connectivity index (χ1) is 17.9. The van der Waals surface area contributed by atoms with Gasteiger partial charge in [0.2, 0.25) is 15.9 Å². The fraction of sp³-hybridized carbons (Fsp3) is 0.367. The van der Waals surface area contributed by atoms with Crippen LogP contribution in [0.5, 0.6) is 5.75 Å². The highest BCUT2D eigenvalue weighted by Gasteiger charge is 2.43. The van der Waals surface area contributed by atoms with Gasteiger partial charge in [0, 0.05) is 19.6 Å². The van der Waals surface area contributed by atoms with Crippen molar-refractivity contribution < 1.29 is 17.9 Å². The van der Waals surface area contributed by atoms with E-state index in [1.54, 1.807) is 31.4 Å². The number of rotatable bonds is 10. The zero-order valence-electron chi connectivity index (χ0n) is 21.7. The second-order valence-corrected chi connectivity index (χ2v) is 11.6. The molecule has 1 amide bonds. The molecule has 0 unspecified atom stereocenters. The lowest BCUT2D eigenvalue weighted by Crippen LogP contribution is -2.51. The molecule has 7 heteroatoms. The molecule has 0 saturated carbocycles. The molecule has 0 aliphatic carbocycles. The van der Waals surface area contributed by atoms with Gasteiger partial charge in [0.05, 0.1) is 17.4 Å². The standard InChI is InChI=1S/C30H36N2O4S/c1-3-24-9-11-25(12-10-24)17-20-31-29(33)30(23-26-7-5-4-6-8-26)18-21-32(22-19-30)37(34,35)28-15-13-27(36-2)14-16-28/h4-16H,3,17-23H2,1-2H3,(H,31,33). The van der Waals surface area contributed by atoms with Crippen LogP contribution >= 0.6 is 0 Å². The van der Waals surface area contributed by atoms with Crippen molar-refractivity contribution in [2.45, 2.75) is 43.9 Å². The Morgan fingerprint density at radius 2 is 1.51 bits per heavy atom. The number of benzene rings is 3. The fourth-order valence-corrected chi connectivity index (χ4v) is 6.41. The molecular formula is C30H36N2O4S. The van der Waals surface area contributed by atoms with E-state index in [0.29, 0.717) is 44.6 Å². The van der Waals surface area contributed by atoms with Crippen molar-refractivity contribution in [3.63, 3.8) is 0 Å². The maximum absolute atomic E-state index is 13.6. The molecule has 1 N–H and O–H groups in total. The largest absolute Gasteiger partial charge is 0.497 e. The quantitative estimate of drug-likeness (QED) is 0.423. The molecule has 1 aliphatic heterocycles. The maximum Gasteiger partial charge on any atom is 0.243 e. The second kappa shape index (κ2) is 11.9. The molecule has 3 aromatic carbocycles. The number of carbonyl (C=O) groups is 1. The van der Waals surface area contributed by atoms with Crippen LogP contribution in [-0.4, -0.2) is 45.4 Å². The third-order valence-electron chi connectivity index (χ3n) is 7.37. The number of amides is 1. The molecule has 3 aromatic rings. The molecule has 0 atom stereocenters. The summed E-state index contributed by atoms with van der Waals surface area (Å²) >= 11 is 0. The number of aryl methyl sites for hydroxylation is 1. The monoisotopic (exact) mass is 520 g/mol. The fourth-order valence-electron chi connectivity index (χ4n) is 4.97. The Hall–Kier alpha value is -3.16. The number of ether oxygens (including phenoxy) is 1. The van der Waals surface area contributed by atoms with Crippen LogP contribution in [0.1, 0.15) is 36.5 Å². The number of methoxy groups -OCH3 is 1. The van der Waals surface area contributed by atoms with Crippen LogP contribution < -0.4 is 10.1 Å². The first-order valence-electron chi connectivity index (χ1n) is 12.9. The molecule has 6 nitrogen and oxygen atoms in total. The Morgan fingerprint density at radius 1 is 0.892 bits per heavy atom. The summed E-state index contributed by atoms with van der Waals surface area (Å²) < 4.78 is 33.2. The van der Waals surface area contributed by atoms with Gasteiger partial charge in [-0.15, -0.1) is 0 Å². The molecule has 4 rings (SSSR count). The van der Waals surface area contributed by atoms with Gasteiger partial charge >= 0.3 is 0 Å². The molecule has 196 valence electrons. The molecule has 0 spiro atoms. The van der Waals surface area contributed by atoms with Crippen LogP contribution in [0.3, 0.4) is 0 Å². The summed E-state index contributed by atoms with van der Waals surface area (Å²) in [6.45, 7) is 3.28. The van der Waals surface area contributed by atoms with Gasteiger partial charge in [-0.1, -0.05) is 61.5 Å². The molecule has 37 heavy (non-hydrogen) atoms. The topological polar surface area (TPSA) is 75.7 Å². The van der Waals surface area contributed by atoms with Gasteiger partial charge in [-0.25, -0.2) is 8.42 Å². The predicted molar refractivity (Wildman–Crippen MR) is 146 cm³/mol. The summed E-state index contributed by atoms with van der Waals surface area (Å²) in [4.78, 5) is 13.9. The van der Waals surface area contributed by atoms with E-state index < -0.39 is 15.4 Å². The van der Waals surface area contributed by atoms with E-state index in [4.69, 9.17) is 4.74 Å². The third kappa shape index (κ3) is 6.40. The normalized spacial score (nSPS) is 15.7.